The third-order valence-corrected chi connectivity index (χ3v) is 2.89. The molecule has 0 aliphatic carbocycles. The van der Waals surface area contributed by atoms with Gasteiger partial charge in [0.1, 0.15) is 11.3 Å². The second-order valence-corrected chi connectivity index (χ2v) is 4.10. The van der Waals surface area contributed by atoms with Crippen molar-refractivity contribution in [3.05, 3.63) is 41.5 Å². The molecule has 6 heteroatoms. The Hall–Kier alpha value is -2.24. The summed E-state index contributed by atoms with van der Waals surface area (Å²) < 4.78 is 47.6. The highest BCUT2D eigenvalue weighted by Crippen LogP contribution is 2.33. The van der Waals surface area contributed by atoms with Crippen LogP contribution in [0, 0.1) is 0 Å². The van der Waals surface area contributed by atoms with Crippen LogP contribution in [-0.2, 0) is 10.9 Å². The lowest BCUT2D eigenvalue weighted by Gasteiger charge is -2.11. The van der Waals surface area contributed by atoms with E-state index in [4.69, 9.17) is 4.74 Å². The Balaban J connectivity index is 2.67. The average molecular weight is 284 g/mol. The summed E-state index contributed by atoms with van der Waals surface area (Å²) in [5.74, 6) is -0.412. The Morgan fingerprint density at radius 2 is 1.75 bits per heavy atom. The van der Waals surface area contributed by atoms with Crippen LogP contribution in [-0.4, -0.2) is 20.2 Å². The number of ether oxygens (including phenoxy) is 2. The van der Waals surface area contributed by atoms with Crippen molar-refractivity contribution < 1.29 is 27.4 Å². The predicted octanol–water partition coefficient (Wildman–Crippen LogP) is 3.65. The van der Waals surface area contributed by atoms with E-state index in [0.29, 0.717) is 10.8 Å². The van der Waals surface area contributed by atoms with Crippen molar-refractivity contribution in [1.29, 1.82) is 0 Å². The second-order valence-electron chi connectivity index (χ2n) is 4.10. The zero-order chi connectivity index (χ0) is 14.9. The van der Waals surface area contributed by atoms with Crippen molar-refractivity contribution in [2.45, 2.75) is 6.18 Å². The molecule has 0 spiro atoms. The second kappa shape index (κ2) is 5.03. The van der Waals surface area contributed by atoms with E-state index in [1.807, 2.05) is 0 Å². The molecule has 0 unspecified atom stereocenters. The molecular weight excluding hydrogens is 273 g/mol. The quantitative estimate of drug-likeness (QED) is 0.790. The normalized spacial score (nSPS) is 11.4. The molecule has 0 bridgehead atoms. The van der Waals surface area contributed by atoms with Gasteiger partial charge in [0.2, 0.25) is 0 Å². The Morgan fingerprint density at radius 1 is 1.05 bits per heavy atom. The van der Waals surface area contributed by atoms with Crippen molar-refractivity contribution in [2.24, 2.45) is 0 Å². The molecule has 0 heterocycles. The van der Waals surface area contributed by atoms with Gasteiger partial charge >= 0.3 is 12.1 Å². The van der Waals surface area contributed by atoms with E-state index < -0.39 is 17.7 Å². The van der Waals surface area contributed by atoms with E-state index in [-0.39, 0.29) is 11.3 Å². The number of alkyl halides is 3. The van der Waals surface area contributed by atoms with Crippen molar-refractivity contribution in [1.82, 2.24) is 0 Å². The number of carbonyl (C=O) groups is 1. The minimum Gasteiger partial charge on any atom is -0.496 e. The Labute approximate surface area is 112 Å². The fraction of sp³-hybridized carbons (Fsp3) is 0.214. The Morgan fingerprint density at radius 3 is 2.30 bits per heavy atom. The first-order valence-corrected chi connectivity index (χ1v) is 5.64. The summed E-state index contributed by atoms with van der Waals surface area (Å²) in [6.45, 7) is 0. The van der Waals surface area contributed by atoms with Gasteiger partial charge in [-0.05, 0) is 35.0 Å². The summed E-state index contributed by atoms with van der Waals surface area (Å²) in [6.07, 6.45) is -4.43. The van der Waals surface area contributed by atoms with Gasteiger partial charge in [-0.2, -0.15) is 13.2 Å². The summed E-state index contributed by atoms with van der Waals surface area (Å²) in [5.41, 5.74) is -0.687. The highest BCUT2D eigenvalue weighted by molar-refractivity contribution is 5.98. The third kappa shape index (κ3) is 2.54. The summed E-state index contributed by atoms with van der Waals surface area (Å²) in [5, 5.41) is 0.837. The fourth-order valence-corrected chi connectivity index (χ4v) is 1.89. The van der Waals surface area contributed by atoms with Crippen LogP contribution in [0.15, 0.2) is 30.3 Å². The molecule has 0 aromatic heterocycles. The van der Waals surface area contributed by atoms with Crippen LogP contribution in [0.1, 0.15) is 15.9 Å². The van der Waals surface area contributed by atoms with Gasteiger partial charge in [0, 0.05) is 0 Å². The molecule has 106 valence electrons. The smallest absolute Gasteiger partial charge is 0.416 e. The third-order valence-electron chi connectivity index (χ3n) is 2.89. The molecule has 2 rings (SSSR count). The van der Waals surface area contributed by atoms with Crippen LogP contribution >= 0.6 is 0 Å². The highest BCUT2D eigenvalue weighted by atomic mass is 19.4. The first-order valence-electron chi connectivity index (χ1n) is 5.64. The average Bonchev–Trinajstić information content (AvgIpc) is 2.43. The number of hydrogen-bond acceptors (Lipinski definition) is 3. The van der Waals surface area contributed by atoms with E-state index in [0.717, 1.165) is 12.1 Å². The molecule has 2 aromatic rings. The van der Waals surface area contributed by atoms with Crippen molar-refractivity contribution in [3.8, 4) is 5.75 Å². The number of halogens is 3. The molecule has 0 radical (unpaired) electrons. The number of hydrogen-bond donors (Lipinski definition) is 0. The maximum absolute atomic E-state index is 12.7. The molecule has 0 aliphatic heterocycles. The van der Waals surface area contributed by atoms with Gasteiger partial charge in [-0.3, -0.25) is 0 Å². The first kappa shape index (κ1) is 14.2. The van der Waals surface area contributed by atoms with Crippen LogP contribution in [0.5, 0.6) is 5.75 Å². The molecule has 0 amide bonds. The van der Waals surface area contributed by atoms with Gasteiger partial charge in [0.15, 0.2) is 0 Å². The summed E-state index contributed by atoms with van der Waals surface area (Å²) in [4.78, 5) is 11.6. The van der Waals surface area contributed by atoms with Crippen LogP contribution in [0.2, 0.25) is 0 Å². The standard InChI is InChI=1S/C14H11F3O3/c1-19-12-7-8-3-4-10(14(15,16)17)5-9(8)6-11(12)13(18)20-2/h3-7H,1-2H3. The van der Waals surface area contributed by atoms with Gasteiger partial charge < -0.3 is 9.47 Å². The van der Waals surface area contributed by atoms with Gasteiger partial charge in [0.25, 0.3) is 0 Å². The summed E-state index contributed by atoms with van der Waals surface area (Å²) in [7, 11) is 2.57. The summed E-state index contributed by atoms with van der Waals surface area (Å²) >= 11 is 0. The van der Waals surface area contributed by atoms with Crippen molar-refractivity contribution >= 4 is 16.7 Å². The molecule has 0 saturated carbocycles. The van der Waals surface area contributed by atoms with Crippen LogP contribution in [0.3, 0.4) is 0 Å². The maximum atomic E-state index is 12.7. The molecular formula is C14H11F3O3. The molecule has 20 heavy (non-hydrogen) atoms. The predicted molar refractivity (Wildman–Crippen MR) is 66.8 cm³/mol. The molecule has 0 aliphatic rings. The minimum atomic E-state index is -4.43. The number of methoxy groups -OCH3 is 2. The molecule has 2 aromatic carbocycles. The number of benzene rings is 2. The minimum absolute atomic E-state index is 0.0850. The number of fused-ring (bicyclic) bond motifs is 1. The monoisotopic (exact) mass is 284 g/mol. The van der Waals surface area contributed by atoms with Gasteiger partial charge in [-0.25, -0.2) is 4.79 Å². The molecule has 0 atom stereocenters. The van der Waals surface area contributed by atoms with Crippen molar-refractivity contribution in [2.75, 3.05) is 14.2 Å². The number of rotatable bonds is 2. The lowest BCUT2D eigenvalue weighted by atomic mass is 10.0. The number of carbonyl (C=O) groups excluding carboxylic acids is 1. The van der Waals surface area contributed by atoms with E-state index in [2.05, 4.69) is 4.74 Å². The lowest BCUT2D eigenvalue weighted by Crippen LogP contribution is -2.06. The zero-order valence-corrected chi connectivity index (χ0v) is 10.7. The van der Waals surface area contributed by atoms with Gasteiger partial charge in [-0.15, -0.1) is 0 Å². The van der Waals surface area contributed by atoms with Gasteiger partial charge in [-0.1, -0.05) is 6.07 Å². The maximum Gasteiger partial charge on any atom is 0.416 e. The van der Waals surface area contributed by atoms with E-state index in [9.17, 15) is 18.0 Å². The Kier molecular flexibility index (Phi) is 3.57. The summed E-state index contributed by atoms with van der Waals surface area (Å²) in [6, 6.07) is 6.14. The molecule has 0 N–H and O–H groups in total. The highest BCUT2D eigenvalue weighted by Gasteiger charge is 2.30. The Bertz CT molecular complexity index is 662. The first-order chi connectivity index (χ1) is 9.36. The van der Waals surface area contributed by atoms with E-state index in [1.54, 1.807) is 0 Å². The van der Waals surface area contributed by atoms with Crippen LogP contribution in [0.25, 0.3) is 10.8 Å². The molecule has 0 saturated heterocycles. The van der Waals surface area contributed by atoms with Crippen LogP contribution in [0.4, 0.5) is 13.2 Å². The fourth-order valence-electron chi connectivity index (χ4n) is 1.89. The molecule has 3 nitrogen and oxygen atoms in total. The molecule has 0 fully saturated rings. The lowest BCUT2D eigenvalue weighted by molar-refractivity contribution is -0.137. The van der Waals surface area contributed by atoms with Crippen LogP contribution < -0.4 is 4.74 Å². The van der Waals surface area contributed by atoms with Crippen molar-refractivity contribution in [3.63, 3.8) is 0 Å². The number of esters is 1. The van der Waals surface area contributed by atoms with E-state index in [1.165, 1.54) is 32.4 Å². The van der Waals surface area contributed by atoms with E-state index >= 15 is 0 Å². The van der Waals surface area contributed by atoms with Gasteiger partial charge in [0.05, 0.1) is 19.8 Å². The SMILES string of the molecule is COC(=O)c1cc2cc(C(F)(F)F)ccc2cc1OC. The zero-order valence-electron chi connectivity index (χ0n) is 10.7. The topological polar surface area (TPSA) is 35.5 Å². The largest absolute Gasteiger partial charge is 0.496 e.